The van der Waals surface area contributed by atoms with Crippen LogP contribution in [0, 0.1) is 10.1 Å². The van der Waals surface area contributed by atoms with Crippen molar-refractivity contribution in [2.45, 2.75) is 0 Å². The zero-order valence-electron chi connectivity index (χ0n) is 7.54. The molecule has 0 atom stereocenters. The lowest BCUT2D eigenvalue weighted by Crippen LogP contribution is -1.89. The van der Waals surface area contributed by atoms with Crippen LogP contribution in [0.4, 0.5) is 5.69 Å². The molecule has 0 unspecified atom stereocenters. The molecule has 2 N–H and O–H groups in total. The second-order valence-corrected chi connectivity index (χ2v) is 3.06. The van der Waals surface area contributed by atoms with Gasteiger partial charge in [0.2, 0.25) is 0 Å². The first kappa shape index (κ1) is 9.26. The van der Waals surface area contributed by atoms with Gasteiger partial charge in [0.25, 0.3) is 5.69 Å². The fourth-order valence-electron chi connectivity index (χ4n) is 1.51. The van der Waals surface area contributed by atoms with Gasteiger partial charge in [0.1, 0.15) is 11.5 Å². The predicted octanol–water partition coefficient (Wildman–Crippen LogP) is 2.16. The Hall–Kier alpha value is -2.30. The normalized spacial score (nSPS) is 10.4. The summed E-state index contributed by atoms with van der Waals surface area (Å²) in [6.07, 6.45) is 0. The van der Waals surface area contributed by atoms with Crippen LogP contribution >= 0.6 is 0 Å². The Morgan fingerprint density at radius 3 is 2.40 bits per heavy atom. The van der Waals surface area contributed by atoms with Crippen LogP contribution in [-0.2, 0) is 0 Å². The van der Waals surface area contributed by atoms with Crippen molar-refractivity contribution in [1.29, 1.82) is 0 Å². The van der Waals surface area contributed by atoms with Crippen molar-refractivity contribution < 1.29 is 15.1 Å². The van der Waals surface area contributed by atoms with E-state index in [4.69, 9.17) is 0 Å². The minimum Gasteiger partial charge on any atom is -0.507 e. The molecule has 0 aliphatic rings. The molecule has 0 spiro atoms. The van der Waals surface area contributed by atoms with Crippen LogP contribution in [0.2, 0.25) is 0 Å². The third-order valence-corrected chi connectivity index (χ3v) is 2.17. The van der Waals surface area contributed by atoms with Crippen molar-refractivity contribution in [3.05, 3.63) is 40.4 Å². The number of nitro benzene ring substituents is 1. The Bertz CT molecular complexity index is 542. The molecular formula is C10H7NO4. The maximum atomic E-state index is 10.7. The summed E-state index contributed by atoms with van der Waals surface area (Å²) in [5.74, 6) is -0.345. The SMILES string of the molecule is O=[N+]([O-])c1ccc(O)c2c(O)cccc12. The molecule has 0 fully saturated rings. The zero-order chi connectivity index (χ0) is 11.0. The first-order valence-electron chi connectivity index (χ1n) is 4.19. The van der Waals surface area contributed by atoms with Gasteiger partial charge in [-0.05, 0) is 18.2 Å². The molecule has 0 aromatic heterocycles. The Morgan fingerprint density at radius 1 is 1.07 bits per heavy atom. The largest absolute Gasteiger partial charge is 0.507 e. The molecule has 0 bridgehead atoms. The topological polar surface area (TPSA) is 83.6 Å². The summed E-state index contributed by atoms with van der Waals surface area (Å²) in [6.45, 7) is 0. The van der Waals surface area contributed by atoms with E-state index >= 15 is 0 Å². The molecule has 5 nitrogen and oxygen atoms in total. The highest BCUT2D eigenvalue weighted by molar-refractivity contribution is 5.99. The third kappa shape index (κ3) is 1.34. The van der Waals surface area contributed by atoms with Gasteiger partial charge in [-0.1, -0.05) is 6.07 Å². The monoisotopic (exact) mass is 205 g/mol. The Kier molecular flexibility index (Phi) is 1.93. The number of benzene rings is 2. The lowest BCUT2D eigenvalue weighted by atomic mass is 10.1. The summed E-state index contributed by atoms with van der Waals surface area (Å²) < 4.78 is 0. The Morgan fingerprint density at radius 2 is 1.73 bits per heavy atom. The summed E-state index contributed by atoms with van der Waals surface area (Å²) in [6, 6.07) is 6.74. The third-order valence-electron chi connectivity index (χ3n) is 2.17. The summed E-state index contributed by atoms with van der Waals surface area (Å²) >= 11 is 0. The van der Waals surface area contributed by atoms with E-state index in [9.17, 15) is 20.3 Å². The summed E-state index contributed by atoms with van der Waals surface area (Å²) in [5.41, 5.74) is -0.140. The lowest BCUT2D eigenvalue weighted by molar-refractivity contribution is -0.383. The van der Waals surface area contributed by atoms with Gasteiger partial charge in [0.15, 0.2) is 0 Å². The number of hydrogen-bond donors (Lipinski definition) is 2. The van der Waals surface area contributed by atoms with E-state index in [2.05, 4.69) is 0 Å². The first-order chi connectivity index (χ1) is 7.11. The number of aromatic hydroxyl groups is 2. The summed E-state index contributed by atoms with van der Waals surface area (Å²) in [4.78, 5) is 10.1. The minimum atomic E-state index is -0.554. The maximum absolute atomic E-state index is 10.7. The average Bonchev–Trinajstić information content (AvgIpc) is 2.17. The van der Waals surface area contributed by atoms with Crippen molar-refractivity contribution in [1.82, 2.24) is 0 Å². The number of hydrogen-bond acceptors (Lipinski definition) is 4. The number of non-ortho nitro benzene ring substituents is 1. The molecule has 2 rings (SSSR count). The number of fused-ring (bicyclic) bond motifs is 1. The molecule has 0 heterocycles. The molecular weight excluding hydrogens is 198 g/mol. The average molecular weight is 205 g/mol. The van der Waals surface area contributed by atoms with E-state index in [1.807, 2.05) is 0 Å². The van der Waals surface area contributed by atoms with Crippen LogP contribution in [0.15, 0.2) is 30.3 Å². The van der Waals surface area contributed by atoms with Crippen molar-refractivity contribution in [3.63, 3.8) is 0 Å². The number of nitro groups is 1. The van der Waals surface area contributed by atoms with E-state index < -0.39 is 4.92 Å². The highest BCUT2D eigenvalue weighted by Gasteiger charge is 2.15. The second kappa shape index (κ2) is 3.13. The molecule has 0 aliphatic carbocycles. The number of phenols is 2. The summed E-state index contributed by atoms with van der Waals surface area (Å²) in [7, 11) is 0. The van der Waals surface area contributed by atoms with Gasteiger partial charge < -0.3 is 10.2 Å². The molecule has 0 radical (unpaired) electrons. The second-order valence-electron chi connectivity index (χ2n) is 3.06. The van der Waals surface area contributed by atoms with E-state index in [1.165, 1.54) is 30.3 Å². The molecule has 0 amide bonds. The Labute approximate surface area is 84.4 Å². The smallest absolute Gasteiger partial charge is 0.277 e. The highest BCUT2D eigenvalue weighted by atomic mass is 16.6. The van der Waals surface area contributed by atoms with Crippen LogP contribution in [0.5, 0.6) is 11.5 Å². The van der Waals surface area contributed by atoms with Crippen LogP contribution in [0.3, 0.4) is 0 Å². The predicted molar refractivity (Wildman–Crippen MR) is 53.9 cm³/mol. The quantitative estimate of drug-likeness (QED) is 0.551. The molecule has 0 saturated heterocycles. The van der Waals surface area contributed by atoms with Gasteiger partial charge in [-0.25, -0.2) is 0 Å². The van der Waals surface area contributed by atoms with Gasteiger partial charge in [-0.3, -0.25) is 10.1 Å². The standard InChI is InChI=1S/C10H7NO4/c12-8-3-1-2-6-7(11(14)15)4-5-9(13)10(6)8/h1-5,12-13H. The van der Waals surface area contributed by atoms with E-state index in [0.717, 1.165) is 0 Å². The minimum absolute atomic E-state index is 0.103. The van der Waals surface area contributed by atoms with E-state index in [0.29, 0.717) is 0 Å². The molecule has 76 valence electrons. The van der Waals surface area contributed by atoms with Gasteiger partial charge in [-0.2, -0.15) is 0 Å². The summed E-state index contributed by atoms with van der Waals surface area (Å²) in [5, 5.41) is 30.0. The molecule has 2 aromatic rings. The van der Waals surface area contributed by atoms with Crippen molar-refractivity contribution >= 4 is 16.5 Å². The van der Waals surface area contributed by atoms with Crippen LogP contribution in [0.25, 0.3) is 10.8 Å². The number of phenolic OH excluding ortho intramolecular Hbond substituents is 2. The van der Waals surface area contributed by atoms with Gasteiger partial charge >= 0.3 is 0 Å². The molecule has 0 saturated carbocycles. The molecule has 15 heavy (non-hydrogen) atoms. The fraction of sp³-hybridized carbons (Fsp3) is 0. The van der Waals surface area contributed by atoms with E-state index in [-0.39, 0.29) is 28.0 Å². The van der Waals surface area contributed by atoms with Crippen LogP contribution in [0.1, 0.15) is 0 Å². The van der Waals surface area contributed by atoms with Gasteiger partial charge in [0.05, 0.1) is 15.7 Å². The number of nitrogens with zero attached hydrogens (tertiary/aromatic N) is 1. The Balaban J connectivity index is 2.95. The van der Waals surface area contributed by atoms with Crippen molar-refractivity contribution in [3.8, 4) is 11.5 Å². The van der Waals surface area contributed by atoms with Crippen molar-refractivity contribution in [2.75, 3.05) is 0 Å². The van der Waals surface area contributed by atoms with Gasteiger partial charge in [-0.15, -0.1) is 0 Å². The lowest BCUT2D eigenvalue weighted by Gasteiger charge is -2.03. The van der Waals surface area contributed by atoms with Crippen LogP contribution < -0.4 is 0 Å². The molecule has 0 aliphatic heterocycles. The maximum Gasteiger partial charge on any atom is 0.277 e. The van der Waals surface area contributed by atoms with Gasteiger partial charge in [0, 0.05) is 6.07 Å². The highest BCUT2D eigenvalue weighted by Crippen LogP contribution is 2.37. The first-order valence-corrected chi connectivity index (χ1v) is 4.19. The van der Waals surface area contributed by atoms with E-state index in [1.54, 1.807) is 0 Å². The zero-order valence-corrected chi connectivity index (χ0v) is 7.54. The molecule has 2 aromatic carbocycles. The fourth-order valence-corrected chi connectivity index (χ4v) is 1.51. The van der Waals surface area contributed by atoms with Crippen molar-refractivity contribution in [2.24, 2.45) is 0 Å². The number of rotatable bonds is 1. The molecule has 5 heteroatoms. The van der Waals surface area contributed by atoms with Crippen LogP contribution in [-0.4, -0.2) is 15.1 Å².